The summed E-state index contributed by atoms with van der Waals surface area (Å²) >= 11 is 4.67. The predicted molar refractivity (Wildman–Crippen MR) is 105 cm³/mol. The molecule has 8 heteroatoms. The van der Waals surface area contributed by atoms with Gasteiger partial charge in [0.1, 0.15) is 17.3 Å². The van der Waals surface area contributed by atoms with Crippen LogP contribution in [0.3, 0.4) is 0 Å². The standard InChI is InChI=1S/C19H12BrF2N3OS/c1-9(15-13(21)3-2-4-14(15)22)24-19-25-16-17(27-19)12-7-11(20)6-5-10(12)8-23-18(16)26/h2-7H,1,8H2,(H,23,26)(H,24,25). The minimum Gasteiger partial charge on any atom is -0.347 e. The van der Waals surface area contributed by atoms with E-state index in [4.69, 9.17) is 0 Å². The average molecular weight is 448 g/mol. The van der Waals surface area contributed by atoms with Crippen molar-refractivity contribution in [3.8, 4) is 10.4 Å². The molecule has 0 saturated heterocycles. The fourth-order valence-electron chi connectivity index (χ4n) is 2.86. The number of halogens is 3. The SMILES string of the molecule is C=C(Nc1nc2c(s1)-c1cc(Br)ccc1CNC2=O)c1c(F)cccc1F. The molecule has 1 aliphatic rings. The Balaban J connectivity index is 1.74. The summed E-state index contributed by atoms with van der Waals surface area (Å²) in [5, 5.41) is 5.97. The summed E-state index contributed by atoms with van der Waals surface area (Å²) in [6.07, 6.45) is 0. The van der Waals surface area contributed by atoms with Crippen LogP contribution in [0.4, 0.5) is 13.9 Å². The number of hydrogen-bond donors (Lipinski definition) is 2. The zero-order valence-electron chi connectivity index (χ0n) is 13.8. The van der Waals surface area contributed by atoms with E-state index in [9.17, 15) is 13.6 Å². The summed E-state index contributed by atoms with van der Waals surface area (Å²) in [4.78, 5) is 17.4. The molecule has 2 heterocycles. The van der Waals surface area contributed by atoms with Crippen molar-refractivity contribution >= 4 is 44.0 Å². The maximum Gasteiger partial charge on any atom is 0.271 e. The first-order chi connectivity index (χ1) is 12.9. The Morgan fingerprint density at radius 1 is 1.26 bits per heavy atom. The topological polar surface area (TPSA) is 54.0 Å². The quantitative estimate of drug-likeness (QED) is 0.581. The van der Waals surface area contributed by atoms with Crippen LogP contribution in [0.15, 0.2) is 47.4 Å². The molecule has 1 aliphatic heterocycles. The van der Waals surface area contributed by atoms with Crippen LogP contribution in [0, 0.1) is 11.6 Å². The van der Waals surface area contributed by atoms with E-state index in [0.717, 1.165) is 27.7 Å². The number of benzene rings is 2. The monoisotopic (exact) mass is 447 g/mol. The lowest BCUT2D eigenvalue weighted by Crippen LogP contribution is -2.21. The van der Waals surface area contributed by atoms with Crippen molar-refractivity contribution in [3.63, 3.8) is 0 Å². The molecule has 2 aromatic carbocycles. The largest absolute Gasteiger partial charge is 0.347 e. The van der Waals surface area contributed by atoms with Gasteiger partial charge in [-0.3, -0.25) is 4.79 Å². The van der Waals surface area contributed by atoms with E-state index in [1.54, 1.807) is 0 Å². The highest BCUT2D eigenvalue weighted by molar-refractivity contribution is 9.10. The fraction of sp³-hybridized carbons (Fsp3) is 0.0526. The van der Waals surface area contributed by atoms with Crippen LogP contribution >= 0.6 is 27.3 Å². The van der Waals surface area contributed by atoms with E-state index >= 15 is 0 Å². The first kappa shape index (κ1) is 17.8. The smallest absolute Gasteiger partial charge is 0.271 e. The number of rotatable bonds is 3. The molecule has 4 rings (SSSR count). The van der Waals surface area contributed by atoms with Crippen LogP contribution in [0.1, 0.15) is 21.6 Å². The number of nitrogens with one attached hydrogen (secondary N) is 2. The van der Waals surface area contributed by atoms with Gasteiger partial charge in [0.15, 0.2) is 5.13 Å². The second kappa shape index (κ2) is 6.86. The van der Waals surface area contributed by atoms with Crippen molar-refractivity contribution in [2.45, 2.75) is 6.54 Å². The lowest BCUT2D eigenvalue weighted by atomic mass is 10.1. The molecule has 0 atom stereocenters. The van der Waals surface area contributed by atoms with E-state index in [1.165, 1.54) is 17.4 Å². The van der Waals surface area contributed by atoms with E-state index in [1.807, 2.05) is 18.2 Å². The number of fused-ring (bicyclic) bond motifs is 3. The van der Waals surface area contributed by atoms with E-state index < -0.39 is 11.6 Å². The second-order valence-electron chi connectivity index (χ2n) is 5.88. The van der Waals surface area contributed by atoms with Crippen LogP contribution in [-0.4, -0.2) is 10.9 Å². The number of nitrogens with zero attached hydrogens (tertiary/aromatic N) is 1. The number of hydrogen-bond acceptors (Lipinski definition) is 4. The summed E-state index contributed by atoms with van der Waals surface area (Å²) < 4.78 is 28.8. The Bertz CT molecular complexity index is 1080. The summed E-state index contributed by atoms with van der Waals surface area (Å²) in [7, 11) is 0. The number of amides is 1. The van der Waals surface area contributed by atoms with E-state index in [2.05, 4.69) is 38.1 Å². The fourth-order valence-corrected chi connectivity index (χ4v) is 4.26. The highest BCUT2D eigenvalue weighted by Gasteiger charge is 2.25. The van der Waals surface area contributed by atoms with Gasteiger partial charge in [-0.1, -0.05) is 46.0 Å². The Labute approximate surface area is 166 Å². The van der Waals surface area contributed by atoms with Crippen molar-refractivity contribution < 1.29 is 13.6 Å². The molecule has 3 aromatic rings. The molecule has 0 fully saturated rings. The van der Waals surface area contributed by atoms with Crippen LogP contribution in [0.2, 0.25) is 0 Å². The Morgan fingerprint density at radius 2 is 2.00 bits per heavy atom. The molecular formula is C19H12BrF2N3OS. The lowest BCUT2D eigenvalue weighted by molar-refractivity contribution is 0.0948. The zero-order chi connectivity index (χ0) is 19.1. The van der Waals surface area contributed by atoms with Gasteiger partial charge in [-0.25, -0.2) is 13.8 Å². The van der Waals surface area contributed by atoms with Gasteiger partial charge in [0.05, 0.1) is 10.4 Å². The molecule has 4 nitrogen and oxygen atoms in total. The lowest BCUT2D eigenvalue weighted by Gasteiger charge is -2.09. The molecule has 0 radical (unpaired) electrons. The van der Waals surface area contributed by atoms with Gasteiger partial charge < -0.3 is 10.6 Å². The summed E-state index contributed by atoms with van der Waals surface area (Å²) in [6.45, 7) is 4.11. The molecule has 1 amide bonds. The third-order valence-electron chi connectivity index (χ3n) is 4.12. The summed E-state index contributed by atoms with van der Waals surface area (Å²) in [5.41, 5.74) is 1.88. The number of aromatic nitrogens is 1. The zero-order valence-corrected chi connectivity index (χ0v) is 16.2. The minimum atomic E-state index is -0.724. The second-order valence-corrected chi connectivity index (χ2v) is 7.80. The van der Waals surface area contributed by atoms with Crippen LogP contribution < -0.4 is 10.6 Å². The number of thiazole rings is 1. The van der Waals surface area contributed by atoms with Gasteiger partial charge >= 0.3 is 0 Å². The van der Waals surface area contributed by atoms with Crippen LogP contribution in [0.5, 0.6) is 0 Å². The van der Waals surface area contributed by atoms with Crippen molar-refractivity contribution in [2.24, 2.45) is 0 Å². The molecule has 2 N–H and O–H groups in total. The predicted octanol–water partition coefficient (Wildman–Crippen LogP) is 5.18. The third kappa shape index (κ3) is 3.26. The average Bonchev–Trinajstić information content (AvgIpc) is 2.99. The van der Waals surface area contributed by atoms with E-state index in [-0.39, 0.29) is 22.9 Å². The summed E-state index contributed by atoms with van der Waals surface area (Å²) in [5.74, 6) is -1.75. The summed E-state index contributed by atoms with van der Waals surface area (Å²) in [6, 6.07) is 9.34. The van der Waals surface area contributed by atoms with Gasteiger partial charge in [-0.05, 0) is 29.8 Å². The molecular weight excluding hydrogens is 436 g/mol. The molecule has 1 aromatic heterocycles. The molecule has 0 unspecified atom stereocenters. The Morgan fingerprint density at radius 3 is 2.74 bits per heavy atom. The minimum absolute atomic E-state index is 0.0318. The first-order valence-corrected chi connectivity index (χ1v) is 9.53. The molecule has 0 spiro atoms. The van der Waals surface area contributed by atoms with Gasteiger partial charge in [-0.2, -0.15) is 0 Å². The number of carbonyl (C=O) groups is 1. The van der Waals surface area contributed by atoms with E-state index in [0.29, 0.717) is 16.6 Å². The van der Waals surface area contributed by atoms with Crippen molar-refractivity contribution in [2.75, 3.05) is 5.32 Å². The maximum absolute atomic E-state index is 14.0. The number of anilines is 1. The first-order valence-electron chi connectivity index (χ1n) is 7.92. The Kier molecular flexibility index (Phi) is 4.53. The van der Waals surface area contributed by atoms with Gasteiger partial charge in [-0.15, -0.1) is 0 Å². The highest BCUT2D eigenvalue weighted by Crippen LogP contribution is 2.39. The highest BCUT2D eigenvalue weighted by atomic mass is 79.9. The molecule has 27 heavy (non-hydrogen) atoms. The molecule has 0 aliphatic carbocycles. The number of carbonyl (C=O) groups excluding carboxylic acids is 1. The van der Waals surface area contributed by atoms with Crippen molar-refractivity contribution in [1.29, 1.82) is 0 Å². The van der Waals surface area contributed by atoms with Crippen molar-refractivity contribution in [3.05, 3.63) is 75.9 Å². The molecule has 136 valence electrons. The molecule has 0 saturated carbocycles. The van der Waals surface area contributed by atoms with Gasteiger partial charge in [0, 0.05) is 22.3 Å². The van der Waals surface area contributed by atoms with Gasteiger partial charge in [0.25, 0.3) is 5.91 Å². The van der Waals surface area contributed by atoms with Crippen LogP contribution in [-0.2, 0) is 6.54 Å². The Hall–Kier alpha value is -2.58. The maximum atomic E-state index is 14.0. The molecule has 0 bridgehead atoms. The van der Waals surface area contributed by atoms with Gasteiger partial charge in [0.2, 0.25) is 0 Å². The van der Waals surface area contributed by atoms with Crippen LogP contribution in [0.25, 0.3) is 16.1 Å². The third-order valence-corrected chi connectivity index (χ3v) is 5.62. The normalized spacial score (nSPS) is 12.6. The van der Waals surface area contributed by atoms with Crippen molar-refractivity contribution in [1.82, 2.24) is 10.3 Å².